The molecule has 0 spiro atoms. The van der Waals surface area contributed by atoms with Crippen molar-refractivity contribution in [2.75, 3.05) is 4.90 Å². The van der Waals surface area contributed by atoms with Gasteiger partial charge in [0.1, 0.15) is 5.75 Å². The van der Waals surface area contributed by atoms with Gasteiger partial charge in [-0.05, 0) is 124 Å². The van der Waals surface area contributed by atoms with Crippen molar-refractivity contribution in [2.45, 2.75) is 64.6 Å². The molecule has 1 saturated heterocycles. The van der Waals surface area contributed by atoms with Crippen LogP contribution in [-0.2, 0) is 0 Å². The minimum Gasteiger partial charge on any atom is -0.490 e. The van der Waals surface area contributed by atoms with Gasteiger partial charge in [-0.25, -0.2) is 0 Å². The minimum absolute atomic E-state index is 0.0894. The summed E-state index contributed by atoms with van der Waals surface area (Å²) < 4.78 is 8.53. The van der Waals surface area contributed by atoms with Crippen molar-refractivity contribution in [1.82, 2.24) is 14.9 Å². The third-order valence-electron chi connectivity index (χ3n) is 8.09. The third kappa shape index (κ3) is 4.81. The molecule has 1 saturated carbocycles. The average Bonchev–Trinajstić information content (AvgIpc) is 3.65. The van der Waals surface area contributed by atoms with E-state index in [-0.39, 0.29) is 12.1 Å². The average molecular weight is 557 g/mol. The molecule has 2 fully saturated rings. The van der Waals surface area contributed by atoms with Gasteiger partial charge < -0.3 is 19.5 Å². The van der Waals surface area contributed by atoms with Gasteiger partial charge in [0.15, 0.2) is 5.11 Å². The number of halogens is 1. The zero-order chi connectivity index (χ0) is 27.1. The van der Waals surface area contributed by atoms with E-state index in [0.717, 1.165) is 57.6 Å². The fourth-order valence-corrected chi connectivity index (χ4v) is 6.64. The normalized spacial score (nSPS) is 19.5. The number of nitrogens with one attached hydrogen (secondary N) is 1. The van der Waals surface area contributed by atoms with Crippen molar-refractivity contribution in [1.29, 1.82) is 0 Å². The van der Waals surface area contributed by atoms with Crippen LogP contribution in [0.3, 0.4) is 0 Å². The van der Waals surface area contributed by atoms with Crippen LogP contribution in [0.5, 0.6) is 5.75 Å². The number of hydrogen-bond acceptors (Lipinski definition) is 3. The maximum absolute atomic E-state index is 6.53. The second-order valence-corrected chi connectivity index (χ2v) is 11.4. The molecule has 3 heterocycles. The number of aryl methyl sites for hydroxylation is 1. The van der Waals surface area contributed by atoms with Crippen LogP contribution in [0.2, 0.25) is 5.02 Å². The third-order valence-corrected chi connectivity index (χ3v) is 8.81. The SMILES string of the molecule is Cc1c(Cl)cccc1-n1c(C)cc([C@@H]2[C@@H](c3ccccn3)NC(=S)N2c2ccc(OC3CCCC3)cc2)c1C. The lowest BCUT2D eigenvalue weighted by Crippen LogP contribution is -2.29. The summed E-state index contributed by atoms with van der Waals surface area (Å²) >= 11 is 12.5. The number of pyridine rings is 1. The molecule has 0 unspecified atom stereocenters. The first-order valence-corrected chi connectivity index (χ1v) is 14.4. The van der Waals surface area contributed by atoms with Gasteiger partial charge in [-0.3, -0.25) is 4.98 Å². The number of nitrogens with zero attached hydrogens (tertiary/aromatic N) is 3. The predicted molar refractivity (Wildman–Crippen MR) is 162 cm³/mol. The second kappa shape index (κ2) is 10.7. The van der Waals surface area contributed by atoms with Crippen molar-refractivity contribution < 1.29 is 4.74 Å². The van der Waals surface area contributed by atoms with Gasteiger partial charge in [-0.15, -0.1) is 0 Å². The summed E-state index contributed by atoms with van der Waals surface area (Å²) in [4.78, 5) is 6.95. The topological polar surface area (TPSA) is 42.3 Å². The smallest absolute Gasteiger partial charge is 0.174 e. The highest BCUT2D eigenvalue weighted by Gasteiger charge is 2.42. The molecule has 7 heteroatoms. The van der Waals surface area contributed by atoms with Gasteiger partial charge >= 0.3 is 0 Å². The van der Waals surface area contributed by atoms with E-state index in [1.54, 1.807) is 0 Å². The fourth-order valence-electron chi connectivity index (χ4n) is 6.13. The van der Waals surface area contributed by atoms with Crippen LogP contribution in [0, 0.1) is 20.8 Å². The molecule has 2 aliphatic rings. The van der Waals surface area contributed by atoms with Crippen LogP contribution in [0.15, 0.2) is 72.9 Å². The first-order valence-electron chi connectivity index (χ1n) is 13.6. The maximum atomic E-state index is 6.53. The van der Waals surface area contributed by atoms with E-state index in [1.807, 2.05) is 30.5 Å². The highest BCUT2D eigenvalue weighted by atomic mass is 35.5. The van der Waals surface area contributed by atoms with Crippen LogP contribution >= 0.6 is 23.8 Å². The van der Waals surface area contributed by atoms with Crippen LogP contribution in [-0.4, -0.2) is 20.8 Å². The van der Waals surface area contributed by atoms with E-state index >= 15 is 0 Å². The number of hydrogen-bond donors (Lipinski definition) is 1. The molecule has 4 aromatic rings. The molecular formula is C32H33ClN4OS. The van der Waals surface area contributed by atoms with E-state index in [0.29, 0.717) is 11.2 Å². The van der Waals surface area contributed by atoms with Crippen molar-refractivity contribution in [3.05, 3.63) is 106 Å². The summed E-state index contributed by atoms with van der Waals surface area (Å²) in [5.74, 6) is 0.913. The summed E-state index contributed by atoms with van der Waals surface area (Å²) in [5.41, 5.74) is 7.62. The summed E-state index contributed by atoms with van der Waals surface area (Å²) in [6, 6.07) is 22.6. The highest BCUT2D eigenvalue weighted by Crippen LogP contribution is 2.44. The molecule has 2 atom stereocenters. The largest absolute Gasteiger partial charge is 0.490 e. The summed E-state index contributed by atoms with van der Waals surface area (Å²) in [5, 5.41) is 5.04. The number of rotatable bonds is 6. The predicted octanol–water partition coefficient (Wildman–Crippen LogP) is 7.95. The van der Waals surface area contributed by atoms with E-state index < -0.39 is 0 Å². The van der Waals surface area contributed by atoms with Crippen molar-refractivity contribution in [3.8, 4) is 11.4 Å². The minimum atomic E-state index is -0.109. The zero-order valence-corrected chi connectivity index (χ0v) is 24.1. The lowest BCUT2D eigenvalue weighted by Gasteiger charge is -2.28. The molecule has 2 aromatic heterocycles. The summed E-state index contributed by atoms with van der Waals surface area (Å²) in [6.07, 6.45) is 6.94. The zero-order valence-electron chi connectivity index (χ0n) is 22.5. The molecule has 0 radical (unpaired) electrons. The standard InChI is InChI=1S/C32H33ClN4OS/c1-20-19-26(22(3)36(20)29-13-8-11-27(33)21(29)2)31-30(28-12-6-7-18-34-28)35-32(39)37(31)23-14-16-25(17-15-23)38-24-9-4-5-10-24/h6-8,11-19,24,30-31H,4-5,9-10H2,1-3H3,(H,35,39)/t30-,31-/m1/s1. The quantitative estimate of drug-likeness (QED) is 0.244. The Balaban J connectivity index is 1.43. The fraction of sp³-hybridized carbons (Fsp3) is 0.312. The molecule has 5 nitrogen and oxygen atoms in total. The van der Waals surface area contributed by atoms with E-state index in [9.17, 15) is 0 Å². The van der Waals surface area contributed by atoms with Gasteiger partial charge in [0, 0.05) is 34.0 Å². The lowest BCUT2D eigenvalue weighted by molar-refractivity contribution is 0.210. The van der Waals surface area contributed by atoms with Crippen molar-refractivity contribution in [3.63, 3.8) is 0 Å². The molecule has 39 heavy (non-hydrogen) atoms. The maximum Gasteiger partial charge on any atom is 0.174 e. The summed E-state index contributed by atoms with van der Waals surface area (Å²) in [6.45, 7) is 6.39. The number of benzene rings is 2. The molecule has 200 valence electrons. The first-order chi connectivity index (χ1) is 18.9. The number of aromatic nitrogens is 2. The Morgan fingerprint density at radius 1 is 0.974 bits per heavy atom. The number of anilines is 1. The Bertz CT molecular complexity index is 1490. The molecule has 1 N–H and O–H groups in total. The van der Waals surface area contributed by atoms with Gasteiger partial charge in [-0.1, -0.05) is 23.7 Å². The number of ether oxygens (including phenoxy) is 1. The Kier molecular flexibility index (Phi) is 7.08. The Labute approximate surface area is 240 Å². The molecule has 1 aliphatic heterocycles. The Morgan fingerprint density at radius 3 is 2.46 bits per heavy atom. The summed E-state index contributed by atoms with van der Waals surface area (Å²) in [7, 11) is 0. The van der Waals surface area contributed by atoms with Gasteiger partial charge in [-0.2, -0.15) is 0 Å². The molecule has 6 rings (SSSR count). The van der Waals surface area contributed by atoms with Crippen LogP contribution in [0.4, 0.5) is 5.69 Å². The van der Waals surface area contributed by atoms with E-state index in [1.165, 1.54) is 18.4 Å². The molecule has 0 amide bonds. The molecule has 1 aliphatic carbocycles. The number of thiocarbonyl (C=S) groups is 1. The first kappa shape index (κ1) is 25.9. The Morgan fingerprint density at radius 2 is 1.74 bits per heavy atom. The van der Waals surface area contributed by atoms with Gasteiger partial charge in [0.25, 0.3) is 0 Å². The van der Waals surface area contributed by atoms with Gasteiger partial charge in [0.05, 0.1) is 23.9 Å². The van der Waals surface area contributed by atoms with Crippen LogP contribution < -0.4 is 15.0 Å². The van der Waals surface area contributed by atoms with Crippen molar-refractivity contribution >= 4 is 34.6 Å². The van der Waals surface area contributed by atoms with Crippen molar-refractivity contribution in [2.24, 2.45) is 0 Å². The van der Waals surface area contributed by atoms with Crippen LogP contribution in [0.1, 0.15) is 66.0 Å². The van der Waals surface area contributed by atoms with Crippen LogP contribution in [0.25, 0.3) is 5.69 Å². The second-order valence-electron chi connectivity index (χ2n) is 10.6. The van der Waals surface area contributed by atoms with E-state index in [2.05, 4.69) is 78.0 Å². The van der Waals surface area contributed by atoms with Gasteiger partial charge in [0.2, 0.25) is 0 Å². The van der Waals surface area contributed by atoms with E-state index in [4.69, 9.17) is 33.5 Å². The molecule has 2 aromatic carbocycles. The lowest BCUT2D eigenvalue weighted by atomic mass is 9.96. The Hall–Kier alpha value is -3.35. The highest BCUT2D eigenvalue weighted by molar-refractivity contribution is 7.80. The molecule has 0 bridgehead atoms. The monoisotopic (exact) mass is 556 g/mol. The molecular weight excluding hydrogens is 524 g/mol.